The Labute approximate surface area is 227 Å². The van der Waals surface area contributed by atoms with Crippen LogP contribution in [0.25, 0.3) is 44.5 Å². The number of carbonyl (C=O) groups excluding carboxylic acids is 1. The van der Waals surface area contributed by atoms with E-state index in [1.165, 1.54) is 36.8 Å². The van der Waals surface area contributed by atoms with Crippen LogP contribution in [0.2, 0.25) is 0 Å². The molecule has 0 spiro atoms. The van der Waals surface area contributed by atoms with Crippen molar-refractivity contribution in [2.45, 2.75) is 51.4 Å². The minimum Gasteiger partial charge on any atom is -0.371 e. The van der Waals surface area contributed by atoms with Gasteiger partial charge in [0.25, 0.3) is 0 Å². The zero-order chi connectivity index (χ0) is 26.2. The van der Waals surface area contributed by atoms with Crippen LogP contribution in [0, 0.1) is 5.92 Å². The third kappa shape index (κ3) is 4.64. The monoisotopic (exact) mass is 519 g/mol. The predicted molar refractivity (Wildman–Crippen MR) is 156 cm³/mol. The Balaban J connectivity index is 1.20. The molecule has 7 rings (SSSR count). The van der Waals surface area contributed by atoms with Crippen molar-refractivity contribution in [3.8, 4) is 22.6 Å². The molecule has 8 heteroatoms. The molecule has 1 aliphatic carbocycles. The highest BCUT2D eigenvalue weighted by atomic mass is 16.1. The average molecular weight is 520 g/mol. The Morgan fingerprint density at radius 3 is 2.62 bits per heavy atom. The summed E-state index contributed by atoms with van der Waals surface area (Å²) in [6.45, 7) is 2.21. The van der Waals surface area contributed by atoms with E-state index in [0.717, 1.165) is 77.8 Å². The summed E-state index contributed by atoms with van der Waals surface area (Å²) in [4.78, 5) is 28.0. The van der Waals surface area contributed by atoms with Crippen molar-refractivity contribution in [1.29, 1.82) is 0 Å². The van der Waals surface area contributed by atoms with Crippen LogP contribution < -0.4 is 10.2 Å². The number of pyridine rings is 2. The Morgan fingerprint density at radius 2 is 1.74 bits per heavy atom. The fraction of sp³-hybridized carbons (Fsp3) is 0.355. The summed E-state index contributed by atoms with van der Waals surface area (Å²) < 4.78 is 0. The first-order chi connectivity index (χ1) is 19.2. The van der Waals surface area contributed by atoms with Gasteiger partial charge in [-0.25, -0.2) is 0 Å². The van der Waals surface area contributed by atoms with Crippen LogP contribution in [0.1, 0.15) is 51.4 Å². The molecular weight excluding hydrogens is 486 g/mol. The molecule has 3 N–H and O–H groups in total. The highest BCUT2D eigenvalue weighted by Gasteiger charge is 2.22. The number of anilines is 2. The molecule has 5 aromatic rings. The van der Waals surface area contributed by atoms with E-state index in [4.69, 9.17) is 0 Å². The van der Waals surface area contributed by atoms with Gasteiger partial charge in [0, 0.05) is 52.7 Å². The van der Waals surface area contributed by atoms with Crippen LogP contribution in [0.15, 0.2) is 55.0 Å². The third-order valence-electron chi connectivity index (χ3n) is 8.32. The van der Waals surface area contributed by atoms with Crippen LogP contribution in [-0.4, -0.2) is 44.1 Å². The molecular formula is C31H33N7O. The number of hydrogen-bond acceptors (Lipinski definition) is 5. The number of H-pyrrole nitrogens is 2. The van der Waals surface area contributed by atoms with Gasteiger partial charge in [-0.3, -0.25) is 19.9 Å². The predicted octanol–water partition coefficient (Wildman–Crippen LogP) is 6.68. The van der Waals surface area contributed by atoms with Crippen LogP contribution >= 0.6 is 0 Å². The molecule has 4 aromatic heterocycles. The molecule has 0 atom stereocenters. The van der Waals surface area contributed by atoms with Gasteiger partial charge in [0.1, 0.15) is 5.69 Å². The molecule has 198 valence electrons. The van der Waals surface area contributed by atoms with Crippen LogP contribution in [0.5, 0.6) is 0 Å². The topological polar surface area (TPSA) is 103 Å². The van der Waals surface area contributed by atoms with E-state index >= 15 is 0 Å². The van der Waals surface area contributed by atoms with Gasteiger partial charge in [-0.15, -0.1) is 0 Å². The highest BCUT2D eigenvalue weighted by Crippen LogP contribution is 2.35. The van der Waals surface area contributed by atoms with Crippen molar-refractivity contribution in [3.63, 3.8) is 0 Å². The fourth-order valence-corrected chi connectivity index (χ4v) is 6.21. The second kappa shape index (κ2) is 10.2. The van der Waals surface area contributed by atoms with Gasteiger partial charge in [0.2, 0.25) is 5.91 Å². The summed E-state index contributed by atoms with van der Waals surface area (Å²) >= 11 is 0. The number of fused-ring (bicyclic) bond motifs is 2. The molecule has 8 nitrogen and oxygen atoms in total. The Kier molecular flexibility index (Phi) is 6.23. The van der Waals surface area contributed by atoms with Crippen molar-refractivity contribution in [2.24, 2.45) is 5.92 Å². The van der Waals surface area contributed by atoms with Gasteiger partial charge in [-0.2, -0.15) is 5.10 Å². The number of benzene rings is 1. The average Bonchev–Trinajstić information content (AvgIpc) is 3.62. The fourth-order valence-electron chi connectivity index (χ4n) is 6.21. The Hall–Kier alpha value is -4.20. The zero-order valence-electron chi connectivity index (χ0n) is 22.0. The number of amides is 1. The van der Waals surface area contributed by atoms with Crippen molar-refractivity contribution in [3.05, 3.63) is 55.0 Å². The van der Waals surface area contributed by atoms with Crippen molar-refractivity contribution in [1.82, 2.24) is 25.1 Å². The summed E-state index contributed by atoms with van der Waals surface area (Å²) in [5, 5.41) is 13.1. The van der Waals surface area contributed by atoms with Gasteiger partial charge < -0.3 is 15.2 Å². The maximum Gasteiger partial charge on any atom is 0.227 e. The number of aromatic amines is 2. The summed E-state index contributed by atoms with van der Waals surface area (Å²) in [7, 11) is 0. The molecule has 0 unspecified atom stereocenters. The molecule has 1 aromatic carbocycles. The van der Waals surface area contributed by atoms with E-state index in [2.05, 4.69) is 65.7 Å². The van der Waals surface area contributed by atoms with E-state index in [9.17, 15) is 4.79 Å². The number of piperidine rings is 1. The van der Waals surface area contributed by atoms with E-state index in [-0.39, 0.29) is 11.8 Å². The van der Waals surface area contributed by atoms with E-state index in [0.29, 0.717) is 5.69 Å². The second-order valence-corrected chi connectivity index (χ2v) is 10.9. The van der Waals surface area contributed by atoms with Gasteiger partial charge in [-0.05, 0) is 62.4 Å². The highest BCUT2D eigenvalue weighted by molar-refractivity contribution is 6.00. The summed E-state index contributed by atoms with van der Waals surface area (Å²) in [6, 6.07) is 12.7. The van der Waals surface area contributed by atoms with E-state index in [1.54, 1.807) is 12.4 Å². The minimum absolute atomic E-state index is 0.0944. The number of rotatable bonds is 5. The van der Waals surface area contributed by atoms with Gasteiger partial charge in [0.05, 0.1) is 35.0 Å². The summed E-state index contributed by atoms with van der Waals surface area (Å²) in [5.41, 5.74) is 7.47. The lowest BCUT2D eigenvalue weighted by molar-refractivity contribution is -0.120. The van der Waals surface area contributed by atoms with Gasteiger partial charge >= 0.3 is 0 Å². The number of nitrogens with one attached hydrogen (secondary N) is 3. The Morgan fingerprint density at radius 1 is 0.897 bits per heavy atom. The molecule has 2 fully saturated rings. The quantitative estimate of drug-likeness (QED) is 0.240. The standard InChI is InChI=1S/C31H33N7O/c39-31(20-8-3-1-4-9-20)34-22-14-21(17-32-18-22)26-16-24-28(19-33-26)36-37-30(24)27-15-23-25(35-27)10-7-11-29(23)38-12-5-2-6-13-38/h7,10-11,14-20,35H,1-6,8-9,12-13H2,(H,34,39)(H,36,37). The van der Waals surface area contributed by atoms with Crippen molar-refractivity contribution >= 4 is 39.1 Å². The maximum absolute atomic E-state index is 12.8. The molecule has 1 saturated carbocycles. The third-order valence-corrected chi connectivity index (χ3v) is 8.32. The number of nitrogens with zero attached hydrogens (tertiary/aromatic N) is 4. The molecule has 1 amide bonds. The lowest BCUT2D eigenvalue weighted by Crippen LogP contribution is -2.29. The first-order valence-corrected chi connectivity index (χ1v) is 14.2. The first-order valence-electron chi connectivity index (χ1n) is 14.2. The van der Waals surface area contributed by atoms with Crippen molar-refractivity contribution in [2.75, 3.05) is 23.3 Å². The molecule has 39 heavy (non-hydrogen) atoms. The Bertz CT molecular complexity index is 1640. The number of carbonyl (C=O) groups is 1. The number of hydrogen-bond donors (Lipinski definition) is 3. The largest absolute Gasteiger partial charge is 0.371 e. The molecule has 2 aliphatic rings. The second-order valence-electron chi connectivity index (χ2n) is 10.9. The summed E-state index contributed by atoms with van der Waals surface area (Å²) in [6.07, 6.45) is 14.5. The lowest BCUT2D eigenvalue weighted by atomic mass is 9.88. The minimum atomic E-state index is 0.0944. The number of aromatic nitrogens is 5. The van der Waals surface area contributed by atoms with Crippen molar-refractivity contribution < 1.29 is 4.79 Å². The SMILES string of the molecule is O=C(Nc1cncc(-c2cc3c(-c4cc5c(N6CCCCC6)cccc5[nH]4)n[nH]c3cn2)c1)C1CCCCC1. The van der Waals surface area contributed by atoms with Gasteiger partial charge in [0.15, 0.2) is 0 Å². The summed E-state index contributed by atoms with van der Waals surface area (Å²) in [5.74, 6) is 0.189. The van der Waals surface area contributed by atoms with Crippen LogP contribution in [-0.2, 0) is 4.79 Å². The van der Waals surface area contributed by atoms with E-state index in [1.807, 2.05) is 12.3 Å². The lowest BCUT2D eigenvalue weighted by Gasteiger charge is -2.29. The first kappa shape index (κ1) is 23.9. The molecule has 5 heterocycles. The maximum atomic E-state index is 12.8. The van der Waals surface area contributed by atoms with Gasteiger partial charge in [-0.1, -0.05) is 25.3 Å². The van der Waals surface area contributed by atoms with Crippen LogP contribution in [0.4, 0.5) is 11.4 Å². The van der Waals surface area contributed by atoms with Crippen LogP contribution in [0.3, 0.4) is 0 Å². The normalized spacial score (nSPS) is 16.7. The molecule has 0 radical (unpaired) electrons. The zero-order valence-corrected chi connectivity index (χ0v) is 22.0. The molecule has 1 aliphatic heterocycles. The molecule has 0 bridgehead atoms. The van der Waals surface area contributed by atoms with E-state index < -0.39 is 0 Å². The smallest absolute Gasteiger partial charge is 0.227 e. The molecule has 1 saturated heterocycles.